The number of hydrogen-bond donors (Lipinski definition) is 2. The van der Waals surface area contributed by atoms with E-state index in [1.54, 1.807) is 24.3 Å². The van der Waals surface area contributed by atoms with Crippen molar-refractivity contribution in [1.29, 1.82) is 0 Å². The summed E-state index contributed by atoms with van der Waals surface area (Å²) in [6.45, 7) is 1.60. The second kappa shape index (κ2) is 4.47. The second-order valence-corrected chi connectivity index (χ2v) is 4.80. The highest BCUT2D eigenvalue weighted by atomic mass is 16.1. The molecule has 17 heavy (non-hydrogen) atoms. The molecule has 0 radical (unpaired) electrons. The normalized spacial score (nSPS) is 24.2. The molecule has 0 spiro atoms. The number of carbonyl (C=O) groups excluding carboxylic acids is 1. The lowest BCUT2D eigenvalue weighted by molar-refractivity contribution is 0.0722. The van der Waals surface area contributed by atoms with Crippen LogP contribution in [0.15, 0.2) is 24.3 Å². The fraction of sp³-hybridized carbons (Fsp3) is 0.462. The van der Waals surface area contributed by atoms with Crippen LogP contribution < -0.4 is 11.1 Å². The molecule has 92 valence electrons. The molecule has 1 saturated heterocycles. The fourth-order valence-corrected chi connectivity index (χ4v) is 2.36. The molecule has 2 rings (SSSR count). The molecule has 1 atom stereocenters. The van der Waals surface area contributed by atoms with Crippen LogP contribution in [0.4, 0.5) is 5.69 Å². The van der Waals surface area contributed by atoms with Gasteiger partial charge in [-0.25, -0.2) is 0 Å². The number of ketones is 1. The molecule has 3 N–H and O–H groups in total. The van der Waals surface area contributed by atoms with Gasteiger partial charge in [-0.15, -0.1) is 0 Å². The maximum Gasteiger partial charge on any atom is 0.184 e. The Kier molecular flexibility index (Phi) is 3.17. The van der Waals surface area contributed by atoms with Crippen molar-refractivity contribution in [3.63, 3.8) is 0 Å². The van der Waals surface area contributed by atoms with Gasteiger partial charge >= 0.3 is 0 Å². The number of nitrogens with two attached hydrogens (primary N) is 1. The number of nitrogens with one attached hydrogen (secondary N) is 1. The second-order valence-electron chi connectivity index (χ2n) is 4.80. The van der Waals surface area contributed by atoms with Gasteiger partial charge in [-0.2, -0.15) is 0 Å². The van der Waals surface area contributed by atoms with E-state index in [2.05, 4.69) is 5.32 Å². The van der Waals surface area contributed by atoms with Gasteiger partial charge in [0.2, 0.25) is 0 Å². The minimum absolute atomic E-state index is 0.174. The molecule has 4 nitrogen and oxygen atoms in total. The maximum atomic E-state index is 12.6. The first-order valence-corrected chi connectivity index (χ1v) is 5.85. The first-order chi connectivity index (χ1) is 8.06. The van der Waals surface area contributed by atoms with E-state index in [0.717, 1.165) is 18.5 Å². The van der Waals surface area contributed by atoms with Gasteiger partial charge in [0.1, 0.15) is 0 Å². The number of Topliss-reactive ketones (excluding diaryl/α,β-unsaturated/α-hetero) is 1. The Morgan fingerprint density at radius 3 is 2.47 bits per heavy atom. The number of benzene rings is 1. The molecule has 1 heterocycles. The molecule has 1 aliphatic rings. The number of nitrogens with zero attached hydrogens (tertiary/aromatic N) is 1. The van der Waals surface area contributed by atoms with E-state index >= 15 is 0 Å². The summed E-state index contributed by atoms with van der Waals surface area (Å²) in [5.74, 6) is 0.174. The zero-order valence-electron chi connectivity index (χ0n) is 10.4. The molecule has 1 aliphatic heterocycles. The molecule has 1 unspecified atom stereocenters. The first kappa shape index (κ1) is 12.1. The van der Waals surface area contributed by atoms with E-state index in [0.29, 0.717) is 12.2 Å². The molecule has 1 aromatic carbocycles. The summed E-state index contributed by atoms with van der Waals surface area (Å²) >= 11 is 0. The van der Waals surface area contributed by atoms with Gasteiger partial charge in [-0.3, -0.25) is 9.69 Å². The molecule has 0 saturated carbocycles. The minimum Gasteiger partial charge on any atom is -0.399 e. The van der Waals surface area contributed by atoms with Crippen LogP contribution in [0.25, 0.3) is 0 Å². The third-order valence-corrected chi connectivity index (χ3v) is 3.58. The van der Waals surface area contributed by atoms with Crippen LogP contribution in [0.2, 0.25) is 0 Å². The molecule has 0 aromatic heterocycles. The topological polar surface area (TPSA) is 58.4 Å². The van der Waals surface area contributed by atoms with Crippen LogP contribution in [0.1, 0.15) is 16.8 Å². The van der Waals surface area contributed by atoms with Crippen LogP contribution in [-0.2, 0) is 0 Å². The number of carbonyl (C=O) groups is 1. The lowest BCUT2D eigenvalue weighted by atomic mass is 9.87. The van der Waals surface area contributed by atoms with Gasteiger partial charge in [-0.1, -0.05) is 0 Å². The lowest BCUT2D eigenvalue weighted by Crippen LogP contribution is -2.52. The summed E-state index contributed by atoms with van der Waals surface area (Å²) in [6, 6.07) is 7.17. The van der Waals surface area contributed by atoms with Gasteiger partial charge in [-0.05, 0) is 51.3 Å². The molecule has 4 heteroatoms. The van der Waals surface area contributed by atoms with Crippen molar-refractivity contribution in [2.75, 3.05) is 32.9 Å². The number of anilines is 1. The number of hydrogen-bond acceptors (Lipinski definition) is 4. The predicted octanol–water partition coefficient (Wildman–Crippen LogP) is 0.745. The zero-order valence-corrected chi connectivity index (χ0v) is 10.4. The average Bonchev–Trinajstić information content (AvgIpc) is 2.79. The van der Waals surface area contributed by atoms with Gasteiger partial charge in [0, 0.05) is 17.8 Å². The highest BCUT2D eigenvalue weighted by Crippen LogP contribution is 2.26. The summed E-state index contributed by atoms with van der Waals surface area (Å²) in [7, 11) is 3.92. The number of rotatable bonds is 3. The SMILES string of the molecule is CN(C)C1(C(=O)c2ccc(N)cc2)CCNC1. The molecule has 0 amide bonds. The molecule has 0 bridgehead atoms. The van der Waals surface area contributed by atoms with Crippen LogP contribution in [-0.4, -0.2) is 43.4 Å². The van der Waals surface area contributed by atoms with E-state index in [9.17, 15) is 4.79 Å². The lowest BCUT2D eigenvalue weighted by Gasteiger charge is -2.34. The van der Waals surface area contributed by atoms with Gasteiger partial charge in [0.05, 0.1) is 5.54 Å². The summed E-state index contributed by atoms with van der Waals surface area (Å²) in [4.78, 5) is 14.6. The Morgan fingerprint density at radius 1 is 1.35 bits per heavy atom. The van der Waals surface area contributed by atoms with E-state index in [1.807, 2.05) is 19.0 Å². The zero-order chi connectivity index (χ0) is 12.5. The third-order valence-electron chi connectivity index (χ3n) is 3.58. The van der Waals surface area contributed by atoms with Crippen molar-refractivity contribution in [1.82, 2.24) is 10.2 Å². The standard InChI is InChI=1S/C13H19N3O/c1-16(2)13(7-8-15-9-13)12(17)10-3-5-11(14)6-4-10/h3-6,15H,7-9,14H2,1-2H3. The molecular formula is C13H19N3O. The molecule has 1 aromatic rings. The van der Waals surface area contributed by atoms with Crippen molar-refractivity contribution in [2.45, 2.75) is 12.0 Å². The summed E-state index contributed by atoms with van der Waals surface area (Å²) in [6.07, 6.45) is 0.850. The minimum atomic E-state index is -0.407. The fourth-order valence-electron chi connectivity index (χ4n) is 2.36. The Labute approximate surface area is 102 Å². The maximum absolute atomic E-state index is 12.6. The largest absolute Gasteiger partial charge is 0.399 e. The Morgan fingerprint density at radius 2 is 2.00 bits per heavy atom. The number of nitrogen functional groups attached to an aromatic ring is 1. The van der Waals surface area contributed by atoms with Crippen molar-refractivity contribution in [3.8, 4) is 0 Å². The monoisotopic (exact) mass is 233 g/mol. The summed E-state index contributed by atoms with van der Waals surface area (Å²) in [5, 5.41) is 3.27. The van der Waals surface area contributed by atoms with E-state index in [4.69, 9.17) is 5.73 Å². The van der Waals surface area contributed by atoms with Gasteiger partial charge < -0.3 is 11.1 Å². The van der Waals surface area contributed by atoms with E-state index in [1.165, 1.54) is 0 Å². The Hall–Kier alpha value is -1.39. The smallest absolute Gasteiger partial charge is 0.184 e. The molecular weight excluding hydrogens is 214 g/mol. The molecule has 1 fully saturated rings. The third kappa shape index (κ3) is 2.06. The highest BCUT2D eigenvalue weighted by molar-refractivity contribution is 6.03. The van der Waals surface area contributed by atoms with Crippen molar-refractivity contribution < 1.29 is 4.79 Å². The van der Waals surface area contributed by atoms with Crippen LogP contribution in [0.5, 0.6) is 0 Å². The van der Waals surface area contributed by atoms with Crippen LogP contribution in [0, 0.1) is 0 Å². The average molecular weight is 233 g/mol. The summed E-state index contributed by atoms with van der Waals surface area (Å²) in [5.41, 5.74) is 6.65. The summed E-state index contributed by atoms with van der Waals surface area (Å²) < 4.78 is 0. The number of likely N-dealkylation sites (N-methyl/N-ethyl adjacent to an activating group) is 1. The van der Waals surface area contributed by atoms with Crippen LogP contribution >= 0.6 is 0 Å². The van der Waals surface area contributed by atoms with E-state index < -0.39 is 5.54 Å². The Balaban J connectivity index is 2.31. The predicted molar refractivity (Wildman–Crippen MR) is 69.1 cm³/mol. The van der Waals surface area contributed by atoms with E-state index in [-0.39, 0.29) is 5.78 Å². The van der Waals surface area contributed by atoms with Crippen molar-refractivity contribution in [3.05, 3.63) is 29.8 Å². The van der Waals surface area contributed by atoms with Crippen molar-refractivity contribution >= 4 is 11.5 Å². The highest BCUT2D eigenvalue weighted by Gasteiger charge is 2.43. The van der Waals surface area contributed by atoms with Gasteiger partial charge in [0.15, 0.2) is 5.78 Å². The first-order valence-electron chi connectivity index (χ1n) is 5.85. The molecule has 0 aliphatic carbocycles. The van der Waals surface area contributed by atoms with Crippen LogP contribution in [0.3, 0.4) is 0 Å². The van der Waals surface area contributed by atoms with Crippen molar-refractivity contribution in [2.24, 2.45) is 0 Å². The quantitative estimate of drug-likeness (QED) is 0.597. The van der Waals surface area contributed by atoms with Gasteiger partial charge in [0.25, 0.3) is 0 Å². The Bertz CT molecular complexity index is 405.